The predicted molar refractivity (Wildman–Crippen MR) is 109 cm³/mol. The van der Waals surface area contributed by atoms with Crippen LogP contribution in [0.1, 0.15) is 31.8 Å². The van der Waals surface area contributed by atoms with Crippen molar-refractivity contribution >= 4 is 18.2 Å². The molecular formula is C22H18F7NO6. The Kier molecular flexibility index (Phi) is 9.39. The van der Waals surface area contributed by atoms with Gasteiger partial charge in [0.15, 0.2) is 12.3 Å². The third-order valence-electron chi connectivity index (χ3n) is 4.53. The Morgan fingerprint density at radius 2 is 1.33 bits per heavy atom. The Bertz CT molecular complexity index is 1050. The van der Waals surface area contributed by atoms with Crippen LogP contribution in [0.4, 0.5) is 30.7 Å². The molecule has 196 valence electrons. The highest BCUT2D eigenvalue weighted by Crippen LogP contribution is 2.30. The van der Waals surface area contributed by atoms with Gasteiger partial charge in [-0.2, -0.15) is 26.3 Å². The summed E-state index contributed by atoms with van der Waals surface area (Å²) < 4.78 is 100. The number of nitrogens with zero attached hydrogens (tertiary/aromatic N) is 1. The van der Waals surface area contributed by atoms with Crippen LogP contribution in [-0.2, 0) is 26.7 Å². The first-order valence-electron chi connectivity index (χ1n) is 9.85. The number of alkyl halides is 7. The lowest BCUT2D eigenvalue weighted by atomic mass is 10.1. The standard InChI is InChI=1S/C22H18F7NO6/c1-34-30-10-16(23)18(36-20(33)13-4-8-15(9-5-13)22(27,28)29)17(31)11-35-19(32)12-2-6-14(7-3-12)21(24,25)26/h2-10,16-18,31H,11H2,1H3/b30-10-/t16-,17?,18+/m1/s1. The Morgan fingerprint density at radius 1 is 0.889 bits per heavy atom. The molecule has 0 aliphatic carbocycles. The van der Waals surface area contributed by atoms with Crippen LogP contribution in [-0.4, -0.2) is 55.4 Å². The van der Waals surface area contributed by atoms with Gasteiger partial charge in [-0.15, -0.1) is 0 Å². The number of hydrogen-bond acceptors (Lipinski definition) is 7. The first kappa shape index (κ1) is 28.6. The monoisotopic (exact) mass is 525 g/mol. The molecule has 0 saturated heterocycles. The summed E-state index contributed by atoms with van der Waals surface area (Å²) in [4.78, 5) is 28.7. The minimum atomic E-state index is -4.67. The molecule has 2 rings (SSSR count). The van der Waals surface area contributed by atoms with Crippen molar-refractivity contribution in [2.24, 2.45) is 5.16 Å². The summed E-state index contributed by atoms with van der Waals surface area (Å²) in [6.45, 7) is -0.966. The number of benzene rings is 2. The Balaban J connectivity index is 2.11. The molecule has 0 aliphatic heterocycles. The zero-order valence-corrected chi connectivity index (χ0v) is 18.2. The second-order valence-electron chi connectivity index (χ2n) is 7.07. The van der Waals surface area contributed by atoms with Crippen LogP contribution in [0.2, 0.25) is 0 Å². The van der Waals surface area contributed by atoms with E-state index >= 15 is 0 Å². The summed E-state index contributed by atoms with van der Waals surface area (Å²) in [7, 11) is 1.06. The first-order chi connectivity index (χ1) is 16.7. The average Bonchev–Trinajstić information content (AvgIpc) is 2.83. The van der Waals surface area contributed by atoms with E-state index in [9.17, 15) is 45.4 Å². The van der Waals surface area contributed by atoms with Gasteiger partial charge in [-0.05, 0) is 48.5 Å². The highest BCUT2D eigenvalue weighted by molar-refractivity contribution is 5.90. The predicted octanol–water partition coefficient (Wildman–Crippen LogP) is 4.44. The summed E-state index contributed by atoms with van der Waals surface area (Å²) in [5.41, 5.74) is -2.79. The molecule has 0 heterocycles. The molecule has 1 N–H and O–H groups in total. The Morgan fingerprint density at radius 3 is 1.75 bits per heavy atom. The van der Waals surface area contributed by atoms with E-state index < -0.39 is 66.0 Å². The molecule has 0 fully saturated rings. The van der Waals surface area contributed by atoms with Gasteiger partial charge in [0, 0.05) is 0 Å². The topological polar surface area (TPSA) is 94.4 Å². The van der Waals surface area contributed by atoms with E-state index in [1.54, 1.807) is 0 Å². The number of halogens is 7. The first-order valence-corrected chi connectivity index (χ1v) is 9.85. The molecule has 2 aromatic carbocycles. The van der Waals surface area contributed by atoms with Crippen molar-refractivity contribution < 1.29 is 59.7 Å². The van der Waals surface area contributed by atoms with E-state index in [1.807, 2.05) is 0 Å². The Hall–Kier alpha value is -3.68. The molecule has 0 radical (unpaired) electrons. The van der Waals surface area contributed by atoms with Crippen LogP contribution in [0.3, 0.4) is 0 Å². The maximum Gasteiger partial charge on any atom is 0.416 e. The second kappa shape index (κ2) is 11.8. The number of hydrogen-bond donors (Lipinski definition) is 1. The molecule has 0 bridgehead atoms. The molecule has 3 atom stereocenters. The fourth-order valence-corrected chi connectivity index (χ4v) is 2.68. The number of aliphatic hydroxyl groups excluding tert-OH is 1. The molecule has 7 nitrogen and oxygen atoms in total. The van der Waals surface area contributed by atoms with Crippen molar-refractivity contribution in [3.63, 3.8) is 0 Å². The van der Waals surface area contributed by atoms with Crippen molar-refractivity contribution in [2.45, 2.75) is 30.7 Å². The van der Waals surface area contributed by atoms with Gasteiger partial charge in [0.05, 0.1) is 28.5 Å². The quantitative estimate of drug-likeness (QED) is 0.225. The second-order valence-corrected chi connectivity index (χ2v) is 7.07. The van der Waals surface area contributed by atoms with Crippen LogP contribution in [0.25, 0.3) is 0 Å². The van der Waals surface area contributed by atoms with Crippen molar-refractivity contribution in [2.75, 3.05) is 13.7 Å². The molecule has 0 aliphatic rings. The molecule has 14 heteroatoms. The average molecular weight is 525 g/mol. The van der Waals surface area contributed by atoms with Gasteiger partial charge < -0.3 is 19.4 Å². The van der Waals surface area contributed by atoms with Gasteiger partial charge in [0.1, 0.15) is 19.8 Å². The SMILES string of the molecule is CO/N=C\[C@@H](F)[C@H](OC(=O)c1ccc(C(F)(F)F)cc1)C(O)COC(=O)c1ccc(C(F)(F)F)cc1. The van der Waals surface area contributed by atoms with Crippen LogP contribution in [0.15, 0.2) is 53.7 Å². The fourth-order valence-electron chi connectivity index (χ4n) is 2.68. The van der Waals surface area contributed by atoms with Gasteiger partial charge in [0.25, 0.3) is 0 Å². The number of carbonyl (C=O) groups excluding carboxylic acids is 2. The van der Waals surface area contributed by atoms with Crippen LogP contribution < -0.4 is 0 Å². The largest absolute Gasteiger partial charge is 0.459 e. The van der Waals surface area contributed by atoms with Gasteiger partial charge in [-0.3, -0.25) is 0 Å². The van der Waals surface area contributed by atoms with E-state index in [4.69, 9.17) is 9.47 Å². The van der Waals surface area contributed by atoms with Crippen molar-refractivity contribution in [3.8, 4) is 0 Å². The normalized spacial score (nSPS) is 14.7. The minimum Gasteiger partial charge on any atom is -0.459 e. The van der Waals surface area contributed by atoms with E-state index in [2.05, 4.69) is 9.99 Å². The lowest BCUT2D eigenvalue weighted by Gasteiger charge is -2.24. The highest BCUT2D eigenvalue weighted by Gasteiger charge is 2.34. The van der Waals surface area contributed by atoms with E-state index in [-0.39, 0.29) is 5.56 Å². The third kappa shape index (κ3) is 7.93. The summed E-state index contributed by atoms with van der Waals surface area (Å²) in [5.74, 6) is -2.48. The molecular weight excluding hydrogens is 507 g/mol. The highest BCUT2D eigenvalue weighted by atomic mass is 19.4. The van der Waals surface area contributed by atoms with Gasteiger partial charge >= 0.3 is 24.3 Å². The van der Waals surface area contributed by atoms with Crippen molar-refractivity contribution in [3.05, 3.63) is 70.8 Å². The summed E-state index contributed by atoms with van der Waals surface area (Å²) in [6, 6.07) is 5.62. The van der Waals surface area contributed by atoms with E-state index in [0.29, 0.717) is 30.5 Å². The van der Waals surface area contributed by atoms with Crippen LogP contribution >= 0.6 is 0 Å². The number of oxime groups is 1. The number of carbonyl (C=O) groups is 2. The molecule has 0 amide bonds. The van der Waals surface area contributed by atoms with Crippen LogP contribution in [0, 0.1) is 0 Å². The lowest BCUT2D eigenvalue weighted by Crippen LogP contribution is -2.43. The summed E-state index contributed by atoms with van der Waals surface area (Å²) in [6.07, 6.45) is -15.2. The minimum absolute atomic E-state index is 0.314. The van der Waals surface area contributed by atoms with Gasteiger partial charge in [-0.1, -0.05) is 5.16 Å². The molecule has 36 heavy (non-hydrogen) atoms. The maximum atomic E-state index is 14.5. The number of ether oxygens (including phenoxy) is 2. The summed E-state index contributed by atoms with van der Waals surface area (Å²) >= 11 is 0. The molecule has 0 spiro atoms. The third-order valence-corrected chi connectivity index (χ3v) is 4.53. The Labute approximate surface area is 199 Å². The molecule has 0 saturated carbocycles. The maximum absolute atomic E-state index is 14.5. The summed E-state index contributed by atoms with van der Waals surface area (Å²) in [5, 5.41) is 13.4. The number of aliphatic hydroxyl groups is 1. The van der Waals surface area contributed by atoms with Crippen LogP contribution in [0.5, 0.6) is 0 Å². The fraction of sp³-hybridized carbons (Fsp3) is 0.318. The lowest BCUT2D eigenvalue weighted by molar-refractivity contribution is -0.138. The van der Waals surface area contributed by atoms with Crippen molar-refractivity contribution in [1.29, 1.82) is 0 Å². The van der Waals surface area contributed by atoms with Gasteiger partial charge in [-0.25, -0.2) is 14.0 Å². The zero-order valence-electron chi connectivity index (χ0n) is 18.2. The van der Waals surface area contributed by atoms with Gasteiger partial charge in [0.2, 0.25) is 0 Å². The molecule has 2 aromatic rings. The van der Waals surface area contributed by atoms with E-state index in [1.165, 1.54) is 0 Å². The number of esters is 2. The molecule has 0 aromatic heterocycles. The number of rotatable bonds is 9. The zero-order chi connectivity index (χ0) is 27.1. The van der Waals surface area contributed by atoms with E-state index in [0.717, 1.165) is 31.4 Å². The smallest absolute Gasteiger partial charge is 0.416 e. The molecule has 1 unspecified atom stereocenters. The van der Waals surface area contributed by atoms with Crippen molar-refractivity contribution in [1.82, 2.24) is 0 Å².